The van der Waals surface area contributed by atoms with Gasteiger partial charge >= 0.3 is 6.18 Å². The number of aryl methyl sites for hydroxylation is 1. The number of alkyl halides is 3. The minimum Gasteiger partial charge on any atom is -0.348 e. The standard InChI is InChI=1S/C35H34F3N3O4/c1-40-22-29(39-33(43)31-5-3-2-4-30(31)27-10-12-28(13-11-27)35(36,37)38)20-32(40)41(23-42)21-24-6-8-25(9-7-24)26-14-16-34(17-15-26)44-18-19-45-34/h2-13,20,22-23,26H,14-19,21H2,1H3,(H,39,43). The molecule has 1 spiro atoms. The van der Waals surface area contributed by atoms with E-state index < -0.39 is 17.6 Å². The smallest absolute Gasteiger partial charge is 0.348 e. The summed E-state index contributed by atoms with van der Waals surface area (Å²) in [6.07, 6.45) is 1.83. The molecule has 0 radical (unpaired) electrons. The lowest BCUT2D eigenvalue weighted by Crippen LogP contribution is -2.34. The van der Waals surface area contributed by atoms with Crippen molar-refractivity contribution >= 4 is 23.8 Å². The lowest BCUT2D eigenvalue weighted by Gasteiger charge is -2.35. The van der Waals surface area contributed by atoms with Crippen LogP contribution in [0.3, 0.4) is 0 Å². The van der Waals surface area contributed by atoms with Crippen molar-refractivity contribution in [2.24, 2.45) is 7.05 Å². The minimum absolute atomic E-state index is 0.312. The molecule has 1 N–H and O–H groups in total. The van der Waals surface area contributed by atoms with Crippen molar-refractivity contribution in [3.63, 3.8) is 0 Å². The molecule has 2 fully saturated rings. The van der Waals surface area contributed by atoms with Crippen molar-refractivity contribution in [1.29, 1.82) is 0 Å². The third kappa shape index (κ3) is 6.67. The zero-order valence-electron chi connectivity index (χ0n) is 24.8. The average molecular weight is 618 g/mol. The van der Waals surface area contributed by atoms with E-state index in [2.05, 4.69) is 17.4 Å². The Morgan fingerprint density at radius 3 is 2.31 bits per heavy atom. The van der Waals surface area contributed by atoms with Crippen molar-refractivity contribution in [2.45, 2.75) is 50.1 Å². The van der Waals surface area contributed by atoms with Gasteiger partial charge in [0.05, 0.1) is 31.0 Å². The molecule has 1 saturated carbocycles. The number of halogens is 3. The van der Waals surface area contributed by atoms with Gasteiger partial charge in [-0.05, 0) is 59.2 Å². The SMILES string of the molecule is Cn1cc(NC(=O)c2ccccc2-c2ccc(C(F)(F)F)cc2)cc1N(C=O)Cc1ccc(C2CCC3(CC2)OCCO3)cc1. The monoisotopic (exact) mass is 617 g/mol. The second-order valence-electron chi connectivity index (χ2n) is 11.6. The fourth-order valence-electron chi connectivity index (χ4n) is 6.32. The van der Waals surface area contributed by atoms with Crippen molar-refractivity contribution in [1.82, 2.24) is 4.57 Å². The van der Waals surface area contributed by atoms with Crippen LogP contribution < -0.4 is 10.2 Å². The summed E-state index contributed by atoms with van der Waals surface area (Å²) in [4.78, 5) is 27.1. The zero-order valence-corrected chi connectivity index (χ0v) is 24.8. The van der Waals surface area contributed by atoms with Crippen LogP contribution in [-0.4, -0.2) is 35.9 Å². The molecule has 4 aromatic rings. The van der Waals surface area contributed by atoms with Crippen LogP contribution in [0, 0.1) is 0 Å². The summed E-state index contributed by atoms with van der Waals surface area (Å²) in [7, 11) is 1.79. The molecule has 0 atom stereocenters. The molecule has 2 amide bonds. The van der Waals surface area contributed by atoms with Crippen molar-refractivity contribution in [3.05, 3.63) is 107 Å². The lowest BCUT2D eigenvalue weighted by atomic mass is 9.81. The Bertz CT molecular complexity index is 1650. The maximum atomic E-state index is 13.3. The van der Waals surface area contributed by atoms with Gasteiger partial charge < -0.3 is 19.4 Å². The van der Waals surface area contributed by atoms with Crippen molar-refractivity contribution in [2.75, 3.05) is 23.4 Å². The third-order valence-corrected chi connectivity index (χ3v) is 8.72. The molecule has 45 heavy (non-hydrogen) atoms. The summed E-state index contributed by atoms with van der Waals surface area (Å²) in [5, 5.41) is 2.87. The molecule has 6 rings (SSSR count). The zero-order chi connectivity index (χ0) is 31.6. The number of nitrogens with zero attached hydrogens (tertiary/aromatic N) is 2. The highest BCUT2D eigenvalue weighted by atomic mass is 19.4. The molecule has 1 aliphatic heterocycles. The summed E-state index contributed by atoms with van der Waals surface area (Å²) >= 11 is 0. The summed E-state index contributed by atoms with van der Waals surface area (Å²) in [5.74, 6) is 0.234. The molecule has 10 heteroatoms. The summed E-state index contributed by atoms with van der Waals surface area (Å²) < 4.78 is 52.6. The average Bonchev–Trinajstić information content (AvgIpc) is 3.66. The van der Waals surface area contributed by atoms with Crippen LogP contribution in [0.25, 0.3) is 11.1 Å². The fraction of sp³-hybridized carbons (Fsp3) is 0.314. The van der Waals surface area contributed by atoms with Gasteiger partial charge in [-0.2, -0.15) is 13.2 Å². The largest absolute Gasteiger partial charge is 0.416 e. The van der Waals surface area contributed by atoms with Crippen LogP contribution >= 0.6 is 0 Å². The highest BCUT2D eigenvalue weighted by Gasteiger charge is 2.40. The molecule has 3 aromatic carbocycles. The summed E-state index contributed by atoms with van der Waals surface area (Å²) in [6.45, 7) is 1.68. The van der Waals surface area contributed by atoms with E-state index >= 15 is 0 Å². The van der Waals surface area contributed by atoms with Crippen LogP contribution in [-0.2, 0) is 34.0 Å². The van der Waals surface area contributed by atoms with E-state index in [0.29, 0.717) is 53.9 Å². The Morgan fingerprint density at radius 2 is 1.67 bits per heavy atom. The van der Waals surface area contributed by atoms with Gasteiger partial charge in [0.15, 0.2) is 5.79 Å². The van der Waals surface area contributed by atoms with Gasteiger partial charge in [-0.15, -0.1) is 0 Å². The molecule has 234 valence electrons. The van der Waals surface area contributed by atoms with E-state index in [1.54, 1.807) is 53.0 Å². The lowest BCUT2D eigenvalue weighted by molar-refractivity contribution is -0.178. The first-order valence-electron chi connectivity index (χ1n) is 15.0. The molecule has 1 aromatic heterocycles. The predicted octanol–water partition coefficient (Wildman–Crippen LogP) is 7.53. The Labute approximate surface area is 259 Å². The van der Waals surface area contributed by atoms with Crippen molar-refractivity contribution < 1.29 is 32.2 Å². The Hall–Kier alpha value is -4.41. The molecule has 1 aliphatic carbocycles. The van der Waals surface area contributed by atoms with Gasteiger partial charge in [0.2, 0.25) is 6.41 Å². The van der Waals surface area contributed by atoms with Gasteiger partial charge in [0.25, 0.3) is 5.91 Å². The fourth-order valence-corrected chi connectivity index (χ4v) is 6.32. The molecule has 7 nitrogen and oxygen atoms in total. The number of ether oxygens (including phenoxy) is 2. The van der Waals surface area contributed by atoms with Crippen LogP contribution in [0.1, 0.15) is 58.6 Å². The maximum absolute atomic E-state index is 13.3. The maximum Gasteiger partial charge on any atom is 0.416 e. The summed E-state index contributed by atoms with van der Waals surface area (Å²) in [6, 6.07) is 21.5. The second kappa shape index (κ2) is 12.5. The van der Waals surface area contributed by atoms with E-state index in [9.17, 15) is 22.8 Å². The number of amides is 2. The third-order valence-electron chi connectivity index (χ3n) is 8.72. The van der Waals surface area contributed by atoms with E-state index in [1.165, 1.54) is 17.7 Å². The first-order chi connectivity index (χ1) is 21.6. The van der Waals surface area contributed by atoms with Crippen LogP contribution in [0.5, 0.6) is 0 Å². The molecule has 2 heterocycles. The topological polar surface area (TPSA) is 72.8 Å². The van der Waals surface area contributed by atoms with Gasteiger partial charge in [-0.1, -0.05) is 54.6 Å². The second-order valence-corrected chi connectivity index (χ2v) is 11.6. The number of carbonyl (C=O) groups excluding carboxylic acids is 2. The number of benzene rings is 3. The van der Waals surface area contributed by atoms with E-state index in [-0.39, 0.29) is 5.79 Å². The summed E-state index contributed by atoms with van der Waals surface area (Å²) in [5.41, 5.74) is 3.27. The predicted molar refractivity (Wildman–Crippen MR) is 165 cm³/mol. The number of carbonyl (C=O) groups is 2. The first-order valence-corrected chi connectivity index (χ1v) is 15.0. The van der Waals surface area contributed by atoms with E-state index in [4.69, 9.17) is 9.47 Å². The quantitative estimate of drug-likeness (QED) is 0.208. The number of rotatable bonds is 8. The molecule has 0 bridgehead atoms. The number of hydrogen-bond acceptors (Lipinski definition) is 4. The van der Waals surface area contributed by atoms with Gasteiger partial charge in [-0.25, -0.2) is 0 Å². The molecular weight excluding hydrogens is 583 g/mol. The Morgan fingerprint density at radius 1 is 1.00 bits per heavy atom. The molecule has 2 aliphatic rings. The van der Waals surface area contributed by atoms with Gasteiger partial charge in [0, 0.05) is 37.7 Å². The van der Waals surface area contributed by atoms with Crippen molar-refractivity contribution in [3.8, 4) is 11.1 Å². The first kappa shape index (κ1) is 30.6. The number of hydrogen-bond donors (Lipinski definition) is 1. The molecule has 0 unspecified atom stereocenters. The highest BCUT2D eigenvalue weighted by molar-refractivity contribution is 6.09. The van der Waals surface area contributed by atoms with Crippen LogP contribution in [0.4, 0.5) is 24.7 Å². The molecular formula is C35H34F3N3O4. The van der Waals surface area contributed by atoms with Crippen LogP contribution in [0.15, 0.2) is 85.1 Å². The minimum atomic E-state index is -4.45. The van der Waals surface area contributed by atoms with Gasteiger partial charge in [0.1, 0.15) is 5.82 Å². The highest BCUT2D eigenvalue weighted by Crippen LogP contribution is 2.42. The van der Waals surface area contributed by atoms with E-state index in [0.717, 1.165) is 49.8 Å². The Balaban J connectivity index is 1.12. The normalized spacial score (nSPS) is 16.5. The van der Waals surface area contributed by atoms with Crippen LogP contribution in [0.2, 0.25) is 0 Å². The Kier molecular flexibility index (Phi) is 8.52. The molecule has 1 saturated heterocycles. The van der Waals surface area contributed by atoms with Gasteiger partial charge in [-0.3, -0.25) is 14.5 Å². The number of anilines is 2. The number of nitrogens with one attached hydrogen (secondary N) is 1. The number of aromatic nitrogens is 1. The van der Waals surface area contributed by atoms with E-state index in [1.807, 2.05) is 12.1 Å².